The summed E-state index contributed by atoms with van der Waals surface area (Å²) in [4.78, 5) is 16.9. The number of tetrazole rings is 1. The smallest absolute Gasteiger partial charge is 0.368 e. The summed E-state index contributed by atoms with van der Waals surface area (Å²) in [6.07, 6.45) is 1.60. The Hall–Kier alpha value is -2.98. The summed E-state index contributed by atoms with van der Waals surface area (Å²) in [6.45, 7) is 6.23. The summed E-state index contributed by atoms with van der Waals surface area (Å²) in [7, 11) is 1.55. The number of aromatic nitrogens is 7. The van der Waals surface area contributed by atoms with E-state index in [1.165, 1.54) is 16.0 Å². The van der Waals surface area contributed by atoms with Crippen molar-refractivity contribution in [2.75, 3.05) is 0 Å². The molecule has 156 valence electrons. The largest absolute Gasteiger partial charge is 0.470 e. The quantitative estimate of drug-likeness (QED) is 0.468. The number of hydrogen-bond donors (Lipinski definition) is 0. The molecule has 0 saturated carbocycles. The lowest BCUT2D eigenvalue weighted by Crippen LogP contribution is -2.28. The molecule has 30 heavy (non-hydrogen) atoms. The number of halogens is 1. The van der Waals surface area contributed by atoms with Gasteiger partial charge in [0.1, 0.15) is 23.0 Å². The van der Waals surface area contributed by atoms with Crippen molar-refractivity contribution in [2.45, 2.75) is 32.9 Å². The molecule has 0 atom stereocenters. The molecule has 0 spiro atoms. The van der Waals surface area contributed by atoms with E-state index in [-0.39, 0.29) is 17.8 Å². The lowest BCUT2D eigenvalue weighted by Gasteiger charge is -2.22. The van der Waals surface area contributed by atoms with E-state index in [9.17, 15) is 4.79 Å². The molecule has 0 N–H and O–H groups in total. The Balaban J connectivity index is 1.63. The van der Waals surface area contributed by atoms with Gasteiger partial charge in [0.05, 0.1) is 17.1 Å². The monoisotopic (exact) mass is 445 g/mol. The van der Waals surface area contributed by atoms with E-state index in [1.807, 2.05) is 55.1 Å². The van der Waals surface area contributed by atoms with Crippen molar-refractivity contribution in [1.29, 1.82) is 0 Å². The zero-order chi connectivity index (χ0) is 21.5. The first-order valence-corrected chi connectivity index (χ1v) is 10.4. The zero-order valence-corrected chi connectivity index (χ0v) is 18.5. The third-order valence-electron chi connectivity index (χ3n) is 4.36. The average Bonchev–Trinajstić information content (AvgIpc) is 3.40. The molecular formula is C19H20ClN7O2S. The molecule has 9 nitrogen and oxygen atoms in total. The van der Waals surface area contributed by atoms with Crippen LogP contribution in [-0.2, 0) is 19.2 Å². The standard InChI is InChI=1S/C19H20ClN7O2S/c1-19(2,3)27-15(14(9-21-27)26-18(28)25(4)23-24-26)10-29-16-11-30-17(22-16)12-5-7-13(20)8-6-12/h5-9,11H,10H2,1-4H3. The number of hydrogen-bond acceptors (Lipinski definition) is 7. The van der Waals surface area contributed by atoms with Gasteiger partial charge in [0.15, 0.2) is 0 Å². The van der Waals surface area contributed by atoms with Crippen LogP contribution in [0, 0.1) is 0 Å². The number of thiazole rings is 1. The van der Waals surface area contributed by atoms with E-state index in [4.69, 9.17) is 16.3 Å². The fraction of sp³-hybridized carbons (Fsp3) is 0.316. The van der Waals surface area contributed by atoms with E-state index >= 15 is 0 Å². The van der Waals surface area contributed by atoms with Gasteiger partial charge in [-0.05, 0) is 43.3 Å². The molecule has 0 aliphatic carbocycles. The summed E-state index contributed by atoms with van der Waals surface area (Å²) in [6, 6.07) is 7.48. The summed E-state index contributed by atoms with van der Waals surface area (Å²) >= 11 is 7.43. The Kier molecular flexibility index (Phi) is 5.20. The van der Waals surface area contributed by atoms with Crippen LogP contribution in [-0.4, -0.2) is 34.6 Å². The van der Waals surface area contributed by atoms with E-state index in [0.29, 0.717) is 22.3 Å². The van der Waals surface area contributed by atoms with E-state index < -0.39 is 0 Å². The van der Waals surface area contributed by atoms with Crippen LogP contribution in [0.15, 0.2) is 40.6 Å². The third kappa shape index (κ3) is 3.88. The average molecular weight is 446 g/mol. The first-order chi connectivity index (χ1) is 14.2. The predicted octanol–water partition coefficient (Wildman–Crippen LogP) is 3.27. The molecule has 0 saturated heterocycles. The highest BCUT2D eigenvalue weighted by molar-refractivity contribution is 7.13. The normalized spacial score (nSPS) is 11.8. The topological polar surface area (TPSA) is 92.7 Å². The van der Waals surface area contributed by atoms with Gasteiger partial charge in [-0.25, -0.2) is 9.78 Å². The molecule has 0 aliphatic rings. The minimum absolute atomic E-state index is 0.166. The molecule has 1 aromatic carbocycles. The second-order valence-corrected chi connectivity index (χ2v) is 8.94. The van der Waals surface area contributed by atoms with Gasteiger partial charge in [0.2, 0.25) is 5.88 Å². The van der Waals surface area contributed by atoms with Crippen LogP contribution in [0.3, 0.4) is 0 Å². The van der Waals surface area contributed by atoms with Gasteiger partial charge in [-0.3, -0.25) is 4.68 Å². The van der Waals surface area contributed by atoms with E-state index in [0.717, 1.165) is 15.3 Å². The number of benzene rings is 1. The van der Waals surface area contributed by atoms with Gasteiger partial charge in [0.25, 0.3) is 0 Å². The number of aryl methyl sites for hydroxylation is 1. The Bertz CT molecular complexity index is 1230. The van der Waals surface area contributed by atoms with Crippen molar-refractivity contribution >= 4 is 22.9 Å². The molecular weight excluding hydrogens is 426 g/mol. The van der Waals surface area contributed by atoms with Gasteiger partial charge >= 0.3 is 5.69 Å². The van der Waals surface area contributed by atoms with Crippen LogP contribution in [0.2, 0.25) is 5.02 Å². The summed E-state index contributed by atoms with van der Waals surface area (Å²) in [5, 5.41) is 15.5. The first-order valence-electron chi connectivity index (χ1n) is 9.15. The summed E-state index contributed by atoms with van der Waals surface area (Å²) < 4.78 is 10.2. The first kappa shape index (κ1) is 20.3. The van der Waals surface area contributed by atoms with Crippen molar-refractivity contribution in [2.24, 2.45) is 7.05 Å². The molecule has 0 fully saturated rings. The van der Waals surface area contributed by atoms with E-state index in [2.05, 4.69) is 20.5 Å². The van der Waals surface area contributed by atoms with Gasteiger partial charge in [0, 0.05) is 17.6 Å². The molecule has 3 heterocycles. The van der Waals surface area contributed by atoms with Crippen molar-refractivity contribution in [1.82, 2.24) is 34.6 Å². The summed E-state index contributed by atoms with van der Waals surface area (Å²) in [5.74, 6) is 0.490. The molecule has 4 rings (SSSR count). The molecule has 0 radical (unpaired) electrons. The molecule has 0 bridgehead atoms. The lowest BCUT2D eigenvalue weighted by molar-refractivity contribution is 0.258. The second kappa shape index (κ2) is 7.69. The second-order valence-electron chi connectivity index (χ2n) is 7.64. The van der Waals surface area contributed by atoms with Crippen molar-refractivity contribution in [3.63, 3.8) is 0 Å². The number of rotatable bonds is 5. The Morgan fingerprint density at radius 2 is 1.90 bits per heavy atom. The van der Waals surface area contributed by atoms with Crippen molar-refractivity contribution in [3.05, 3.63) is 57.0 Å². The molecule has 0 aliphatic heterocycles. The van der Waals surface area contributed by atoms with Gasteiger partial charge in [-0.1, -0.05) is 23.7 Å². The van der Waals surface area contributed by atoms with Crippen LogP contribution >= 0.6 is 22.9 Å². The van der Waals surface area contributed by atoms with Gasteiger partial charge < -0.3 is 4.74 Å². The van der Waals surface area contributed by atoms with Gasteiger partial charge in [-0.2, -0.15) is 14.5 Å². The van der Waals surface area contributed by atoms with Crippen LogP contribution in [0.4, 0.5) is 0 Å². The van der Waals surface area contributed by atoms with Gasteiger partial charge in [-0.15, -0.1) is 11.3 Å². The SMILES string of the molecule is Cn1nnn(-c2cnn(C(C)(C)C)c2COc2csc(-c3ccc(Cl)cc3)n2)c1=O. The molecule has 0 amide bonds. The maximum atomic E-state index is 12.3. The van der Waals surface area contributed by atoms with Crippen LogP contribution in [0.1, 0.15) is 26.5 Å². The Morgan fingerprint density at radius 3 is 2.53 bits per heavy atom. The Labute approximate surface area is 181 Å². The van der Waals surface area contributed by atoms with Crippen LogP contribution in [0.25, 0.3) is 16.3 Å². The van der Waals surface area contributed by atoms with Crippen molar-refractivity contribution < 1.29 is 4.74 Å². The molecule has 4 aromatic rings. The third-order valence-corrected chi connectivity index (χ3v) is 5.48. The van der Waals surface area contributed by atoms with Crippen LogP contribution < -0.4 is 10.4 Å². The lowest BCUT2D eigenvalue weighted by atomic mass is 10.1. The van der Waals surface area contributed by atoms with Crippen molar-refractivity contribution in [3.8, 4) is 22.1 Å². The highest BCUT2D eigenvalue weighted by Crippen LogP contribution is 2.29. The maximum Gasteiger partial charge on any atom is 0.368 e. The highest BCUT2D eigenvalue weighted by Gasteiger charge is 2.24. The molecule has 11 heteroatoms. The minimum Gasteiger partial charge on any atom is -0.470 e. The zero-order valence-electron chi connectivity index (χ0n) is 16.9. The summed E-state index contributed by atoms with van der Waals surface area (Å²) in [5.41, 5.74) is 1.51. The minimum atomic E-state index is -0.358. The number of ether oxygens (including phenoxy) is 1. The maximum absolute atomic E-state index is 12.3. The van der Waals surface area contributed by atoms with E-state index in [1.54, 1.807) is 13.2 Å². The molecule has 3 aromatic heterocycles. The molecule has 0 unspecified atom stereocenters. The fourth-order valence-electron chi connectivity index (χ4n) is 2.91. The fourth-order valence-corrected chi connectivity index (χ4v) is 3.79. The predicted molar refractivity (Wildman–Crippen MR) is 114 cm³/mol. The van der Waals surface area contributed by atoms with Crippen LogP contribution in [0.5, 0.6) is 5.88 Å². The highest BCUT2D eigenvalue weighted by atomic mass is 35.5. The number of nitrogens with zero attached hydrogens (tertiary/aromatic N) is 7. The Morgan fingerprint density at radius 1 is 1.17 bits per heavy atom.